The number of rotatable bonds is 6. The number of oxazole rings is 1. The van der Waals surface area contributed by atoms with Gasteiger partial charge < -0.3 is 20.2 Å². The maximum atomic E-state index is 12.1. The van der Waals surface area contributed by atoms with Crippen LogP contribution in [0.2, 0.25) is 0 Å². The van der Waals surface area contributed by atoms with Crippen molar-refractivity contribution in [3.05, 3.63) is 24.1 Å². The summed E-state index contributed by atoms with van der Waals surface area (Å²) in [5, 5.41) is 14.2. The van der Waals surface area contributed by atoms with Crippen LogP contribution in [0, 0.1) is 0 Å². The summed E-state index contributed by atoms with van der Waals surface area (Å²) in [6, 6.07) is 4.84. The predicted octanol–water partition coefficient (Wildman–Crippen LogP) is 3.16. The fourth-order valence-electron chi connectivity index (χ4n) is 2.16. The number of carbonyl (C=O) groups excluding carboxylic acids is 1. The van der Waals surface area contributed by atoms with Crippen LogP contribution >= 0.6 is 0 Å². The highest BCUT2D eigenvalue weighted by Crippen LogP contribution is 2.20. The van der Waals surface area contributed by atoms with Gasteiger partial charge in [-0.05, 0) is 38.5 Å². The number of nitrogens with one attached hydrogen (secondary N) is 2. The maximum absolute atomic E-state index is 12.1. The smallest absolute Gasteiger partial charge is 0.319 e. The van der Waals surface area contributed by atoms with Gasteiger partial charge in [-0.25, -0.2) is 9.78 Å². The second kappa shape index (κ2) is 6.68. The highest BCUT2D eigenvalue weighted by molar-refractivity contribution is 5.92. The Labute approximate surface area is 134 Å². The number of urea groups is 1. The first-order valence-electron chi connectivity index (χ1n) is 7.49. The summed E-state index contributed by atoms with van der Waals surface area (Å²) in [6.07, 6.45) is 1.05. The Morgan fingerprint density at radius 3 is 2.74 bits per heavy atom. The molecule has 0 atom stereocenters. The number of carboxylic acids is 1. The van der Waals surface area contributed by atoms with Gasteiger partial charge in [-0.2, -0.15) is 0 Å². The van der Waals surface area contributed by atoms with E-state index >= 15 is 0 Å². The van der Waals surface area contributed by atoms with E-state index < -0.39 is 11.5 Å². The highest BCUT2D eigenvalue weighted by atomic mass is 16.4. The van der Waals surface area contributed by atoms with E-state index in [0.717, 1.165) is 0 Å². The van der Waals surface area contributed by atoms with Gasteiger partial charge in [0, 0.05) is 24.1 Å². The van der Waals surface area contributed by atoms with Gasteiger partial charge in [0.25, 0.3) is 0 Å². The van der Waals surface area contributed by atoms with Gasteiger partial charge in [0.15, 0.2) is 11.5 Å². The van der Waals surface area contributed by atoms with Crippen molar-refractivity contribution in [3.8, 4) is 0 Å². The molecular weight excluding hydrogens is 298 g/mol. The van der Waals surface area contributed by atoms with Gasteiger partial charge in [-0.15, -0.1) is 0 Å². The van der Waals surface area contributed by atoms with Crippen LogP contribution in [-0.2, 0) is 11.2 Å². The molecular formula is C16H21N3O4. The summed E-state index contributed by atoms with van der Waals surface area (Å²) in [5.74, 6) is -0.236. The van der Waals surface area contributed by atoms with Crippen LogP contribution in [0.3, 0.4) is 0 Å². The average Bonchev–Trinajstić information content (AvgIpc) is 2.87. The van der Waals surface area contributed by atoms with Crippen LogP contribution in [0.15, 0.2) is 22.6 Å². The lowest BCUT2D eigenvalue weighted by Crippen LogP contribution is -2.45. The number of nitrogens with zero attached hydrogens (tertiary/aromatic N) is 1. The molecule has 2 aromatic rings. The van der Waals surface area contributed by atoms with E-state index in [9.17, 15) is 9.59 Å². The fraction of sp³-hybridized carbons (Fsp3) is 0.438. The molecule has 0 aliphatic heterocycles. The van der Waals surface area contributed by atoms with Gasteiger partial charge in [0.2, 0.25) is 0 Å². The molecule has 7 heteroatoms. The SMILES string of the molecule is CCc1nc2cc(NC(=O)NC(C)(C)CCC(=O)O)ccc2o1. The number of amides is 2. The zero-order valence-electron chi connectivity index (χ0n) is 13.5. The van der Waals surface area contributed by atoms with Crippen LogP contribution in [0.4, 0.5) is 10.5 Å². The van der Waals surface area contributed by atoms with Crippen molar-refractivity contribution in [1.29, 1.82) is 0 Å². The minimum atomic E-state index is -0.886. The molecule has 2 amide bonds. The third-order valence-electron chi connectivity index (χ3n) is 3.41. The van der Waals surface area contributed by atoms with E-state index in [1.807, 2.05) is 6.92 Å². The lowest BCUT2D eigenvalue weighted by Gasteiger charge is -2.25. The number of fused-ring (bicyclic) bond motifs is 1. The summed E-state index contributed by atoms with van der Waals surface area (Å²) in [4.78, 5) is 27.0. The van der Waals surface area contributed by atoms with Gasteiger partial charge in [0.05, 0.1) is 0 Å². The number of carboxylic acid groups (broad SMARTS) is 1. The van der Waals surface area contributed by atoms with Crippen molar-refractivity contribution in [2.45, 2.75) is 45.6 Å². The molecule has 1 aromatic heterocycles. The molecule has 2 rings (SSSR count). The van der Waals surface area contributed by atoms with E-state index in [4.69, 9.17) is 9.52 Å². The van der Waals surface area contributed by atoms with Crippen molar-refractivity contribution in [2.75, 3.05) is 5.32 Å². The number of aliphatic carboxylic acids is 1. The summed E-state index contributed by atoms with van der Waals surface area (Å²) < 4.78 is 5.52. The number of aromatic nitrogens is 1. The normalized spacial score (nSPS) is 11.4. The standard InChI is InChI=1S/C16H21N3O4/c1-4-13-18-11-9-10(5-6-12(11)23-13)17-15(22)19-16(2,3)8-7-14(20)21/h5-6,9H,4,7-8H2,1-3H3,(H,20,21)(H2,17,19,22). The molecule has 0 aliphatic carbocycles. The minimum absolute atomic E-state index is 0.00201. The lowest BCUT2D eigenvalue weighted by atomic mass is 9.99. The molecule has 0 saturated heterocycles. The van der Waals surface area contributed by atoms with Crippen molar-refractivity contribution in [2.24, 2.45) is 0 Å². The summed E-state index contributed by atoms with van der Waals surface area (Å²) >= 11 is 0. The van der Waals surface area contributed by atoms with Crippen LogP contribution in [0.1, 0.15) is 39.5 Å². The van der Waals surface area contributed by atoms with E-state index in [0.29, 0.717) is 35.5 Å². The van der Waals surface area contributed by atoms with Gasteiger partial charge in [-0.3, -0.25) is 4.79 Å². The van der Waals surface area contributed by atoms with Crippen molar-refractivity contribution in [1.82, 2.24) is 10.3 Å². The first kappa shape index (κ1) is 16.8. The number of benzene rings is 1. The molecule has 23 heavy (non-hydrogen) atoms. The zero-order valence-corrected chi connectivity index (χ0v) is 13.5. The lowest BCUT2D eigenvalue weighted by molar-refractivity contribution is -0.137. The van der Waals surface area contributed by atoms with Crippen molar-refractivity contribution >= 4 is 28.8 Å². The third-order valence-corrected chi connectivity index (χ3v) is 3.41. The van der Waals surface area contributed by atoms with Crippen LogP contribution in [0.5, 0.6) is 0 Å². The zero-order chi connectivity index (χ0) is 17.0. The average molecular weight is 319 g/mol. The Morgan fingerprint density at radius 2 is 2.09 bits per heavy atom. The summed E-state index contributed by atoms with van der Waals surface area (Å²) in [7, 11) is 0. The Morgan fingerprint density at radius 1 is 1.35 bits per heavy atom. The van der Waals surface area contributed by atoms with E-state index in [2.05, 4.69) is 15.6 Å². The molecule has 0 spiro atoms. The van der Waals surface area contributed by atoms with Gasteiger partial charge in [0.1, 0.15) is 5.52 Å². The Hall–Kier alpha value is -2.57. The molecule has 0 fully saturated rings. The summed E-state index contributed by atoms with van der Waals surface area (Å²) in [5.41, 5.74) is 1.34. The molecule has 0 radical (unpaired) electrons. The molecule has 1 heterocycles. The molecule has 0 saturated carbocycles. The molecule has 0 aliphatic rings. The fourth-order valence-corrected chi connectivity index (χ4v) is 2.16. The maximum Gasteiger partial charge on any atom is 0.319 e. The number of carbonyl (C=O) groups is 2. The molecule has 0 bridgehead atoms. The molecule has 0 unspecified atom stereocenters. The van der Waals surface area contributed by atoms with Crippen LogP contribution in [-0.4, -0.2) is 27.6 Å². The Balaban J connectivity index is 2.00. The third kappa shape index (κ3) is 4.70. The van der Waals surface area contributed by atoms with E-state index in [1.54, 1.807) is 32.0 Å². The van der Waals surface area contributed by atoms with Crippen LogP contribution in [0.25, 0.3) is 11.1 Å². The first-order chi connectivity index (χ1) is 10.8. The molecule has 1 aromatic carbocycles. The predicted molar refractivity (Wildman–Crippen MR) is 86.5 cm³/mol. The van der Waals surface area contributed by atoms with Gasteiger partial charge in [-0.1, -0.05) is 6.92 Å². The van der Waals surface area contributed by atoms with E-state index in [1.165, 1.54) is 0 Å². The number of aryl methyl sites for hydroxylation is 1. The largest absolute Gasteiger partial charge is 0.481 e. The second-order valence-electron chi connectivity index (χ2n) is 6.00. The topological polar surface area (TPSA) is 104 Å². The summed E-state index contributed by atoms with van der Waals surface area (Å²) in [6.45, 7) is 5.52. The monoisotopic (exact) mass is 319 g/mol. The second-order valence-corrected chi connectivity index (χ2v) is 6.00. The number of anilines is 1. The first-order valence-corrected chi connectivity index (χ1v) is 7.49. The molecule has 3 N–H and O–H groups in total. The van der Waals surface area contributed by atoms with Gasteiger partial charge >= 0.3 is 12.0 Å². The highest BCUT2D eigenvalue weighted by Gasteiger charge is 2.21. The van der Waals surface area contributed by atoms with Crippen molar-refractivity contribution < 1.29 is 19.1 Å². The quantitative estimate of drug-likeness (QED) is 0.758. The van der Waals surface area contributed by atoms with E-state index in [-0.39, 0.29) is 12.5 Å². The Kier molecular flexibility index (Phi) is 4.88. The van der Waals surface area contributed by atoms with Crippen LogP contribution < -0.4 is 10.6 Å². The Bertz CT molecular complexity index is 721. The minimum Gasteiger partial charge on any atom is -0.481 e. The van der Waals surface area contributed by atoms with Crippen molar-refractivity contribution in [3.63, 3.8) is 0 Å². The number of hydrogen-bond acceptors (Lipinski definition) is 4. The molecule has 7 nitrogen and oxygen atoms in total. The number of hydrogen-bond donors (Lipinski definition) is 3. The molecule has 124 valence electrons.